The first-order valence-electron chi connectivity index (χ1n) is 24.2. The van der Waals surface area contributed by atoms with Gasteiger partial charge < -0.3 is 13.7 Å². The summed E-state index contributed by atoms with van der Waals surface area (Å²) in [7, 11) is -2.90. The van der Waals surface area contributed by atoms with Crippen molar-refractivity contribution in [3.63, 3.8) is 0 Å². The van der Waals surface area contributed by atoms with Crippen LogP contribution < -0.4 is 20.7 Å². The second kappa shape index (κ2) is 16.1. The quantitative estimate of drug-likeness (QED) is 0.107. The van der Waals surface area contributed by atoms with E-state index >= 15 is 0 Å². The lowest BCUT2D eigenvalue weighted by atomic mass is 10.1. The summed E-state index contributed by atoms with van der Waals surface area (Å²) in [5, 5.41) is 13.0. The Bertz CT molecular complexity index is 4110. The van der Waals surface area contributed by atoms with E-state index in [1.54, 1.807) is 0 Å². The van der Waals surface area contributed by atoms with Gasteiger partial charge in [-0.3, -0.25) is 0 Å². The average molecular weight is 908 g/mol. The smallest absolute Gasteiger partial charge is 0.180 e. The van der Waals surface area contributed by atoms with Crippen molar-refractivity contribution in [3.05, 3.63) is 273 Å². The van der Waals surface area contributed by atoms with Crippen LogP contribution in [0.4, 0.5) is 0 Å². The van der Waals surface area contributed by atoms with E-state index in [0.29, 0.717) is 0 Å². The lowest BCUT2D eigenvalue weighted by molar-refractivity contribution is 1.15. The molecule has 4 heteroatoms. The van der Waals surface area contributed by atoms with Crippen LogP contribution >= 0.6 is 0 Å². The number of nitrogens with zero attached hydrogens (tertiary/aromatic N) is 3. The molecule has 14 rings (SSSR count). The number of rotatable bonds is 8. The van der Waals surface area contributed by atoms with Gasteiger partial charge in [0.2, 0.25) is 0 Å². The molecule has 328 valence electrons. The fourth-order valence-corrected chi connectivity index (χ4v) is 16.8. The molecule has 3 aromatic heterocycles. The zero-order chi connectivity index (χ0) is 46.2. The maximum absolute atomic E-state index is 2.90. The van der Waals surface area contributed by atoms with Gasteiger partial charge >= 0.3 is 0 Å². The van der Waals surface area contributed by atoms with E-state index in [1.807, 2.05) is 0 Å². The van der Waals surface area contributed by atoms with Crippen LogP contribution in [0.3, 0.4) is 0 Å². The highest BCUT2D eigenvalue weighted by Crippen LogP contribution is 2.40. The van der Waals surface area contributed by atoms with Gasteiger partial charge in [0.1, 0.15) is 0 Å². The van der Waals surface area contributed by atoms with Crippen LogP contribution in [0.2, 0.25) is 0 Å². The summed E-state index contributed by atoms with van der Waals surface area (Å²) in [6, 6.07) is 101. The van der Waals surface area contributed by atoms with Crippen molar-refractivity contribution in [1.82, 2.24) is 13.7 Å². The number of aromatic nitrogens is 3. The van der Waals surface area contributed by atoms with E-state index in [2.05, 4.69) is 287 Å². The normalized spacial score (nSPS) is 12.0. The minimum Gasteiger partial charge on any atom is -0.309 e. The van der Waals surface area contributed by atoms with Gasteiger partial charge in [-0.1, -0.05) is 206 Å². The molecule has 3 nitrogen and oxygen atoms in total. The summed E-state index contributed by atoms with van der Waals surface area (Å²) in [4.78, 5) is 0. The van der Waals surface area contributed by atoms with Crippen molar-refractivity contribution in [3.8, 4) is 28.2 Å². The van der Waals surface area contributed by atoms with Crippen LogP contribution in [0.25, 0.3) is 93.6 Å². The molecular formula is C66H45N3Si. The van der Waals surface area contributed by atoms with Gasteiger partial charge in [-0.2, -0.15) is 0 Å². The Hall–Kier alpha value is -8.96. The maximum atomic E-state index is 2.51. The molecule has 0 N–H and O–H groups in total. The molecule has 11 aromatic carbocycles. The molecule has 0 radical (unpaired) electrons. The molecule has 0 atom stereocenters. The molecule has 0 fully saturated rings. The van der Waals surface area contributed by atoms with Gasteiger partial charge in [0.15, 0.2) is 8.07 Å². The summed E-state index contributed by atoms with van der Waals surface area (Å²) >= 11 is 0. The molecule has 0 aliphatic heterocycles. The van der Waals surface area contributed by atoms with E-state index in [0.717, 1.165) is 28.1 Å². The Morgan fingerprint density at radius 2 is 0.629 bits per heavy atom. The second-order valence-electron chi connectivity index (χ2n) is 18.4. The lowest BCUT2D eigenvalue weighted by Crippen LogP contribution is -2.74. The van der Waals surface area contributed by atoms with Gasteiger partial charge in [-0.05, 0) is 98.6 Å². The fraction of sp³-hybridized carbons (Fsp3) is 0. The molecule has 0 spiro atoms. The third-order valence-corrected chi connectivity index (χ3v) is 19.6. The molecular weight excluding hydrogens is 863 g/mol. The maximum Gasteiger partial charge on any atom is 0.180 e. The minimum atomic E-state index is -2.90. The van der Waals surface area contributed by atoms with E-state index in [4.69, 9.17) is 0 Å². The molecule has 0 aliphatic carbocycles. The Kier molecular flexibility index (Phi) is 9.23. The first kappa shape index (κ1) is 40.1. The topological polar surface area (TPSA) is 14.8 Å². The van der Waals surface area contributed by atoms with Crippen LogP contribution in [0.1, 0.15) is 0 Å². The molecule has 0 bridgehead atoms. The lowest BCUT2D eigenvalue weighted by Gasteiger charge is -2.35. The summed E-state index contributed by atoms with van der Waals surface area (Å²) < 4.78 is 7.41. The van der Waals surface area contributed by atoms with Crippen LogP contribution in [-0.4, -0.2) is 21.8 Å². The Morgan fingerprint density at radius 1 is 0.229 bits per heavy atom. The predicted molar refractivity (Wildman–Crippen MR) is 299 cm³/mol. The molecule has 14 aromatic rings. The van der Waals surface area contributed by atoms with Gasteiger partial charge in [-0.25, -0.2) is 0 Å². The van der Waals surface area contributed by atoms with Crippen molar-refractivity contribution in [1.29, 1.82) is 0 Å². The van der Waals surface area contributed by atoms with E-state index in [1.165, 1.54) is 86.3 Å². The third kappa shape index (κ3) is 6.00. The van der Waals surface area contributed by atoms with E-state index < -0.39 is 8.07 Å². The number of benzene rings is 11. The van der Waals surface area contributed by atoms with Crippen molar-refractivity contribution in [2.45, 2.75) is 0 Å². The molecule has 0 unspecified atom stereocenters. The average Bonchev–Trinajstić information content (AvgIpc) is 4.08. The Morgan fingerprint density at radius 3 is 1.23 bits per heavy atom. The van der Waals surface area contributed by atoms with E-state index in [-0.39, 0.29) is 0 Å². The summed E-state index contributed by atoms with van der Waals surface area (Å²) in [6.07, 6.45) is 0. The fourth-order valence-electron chi connectivity index (χ4n) is 11.8. The number of para-hydroxylation sites is 3. The zero-order valence-corrected chi connectivity index (χ0v) is 39.3. The van der Waals surface area contributed by atoms with Crippen LogP contribution in [0.5, 0.6) is 0 Å². The van der Waals surface area contributed by atoms with Crippen LogP contribution in [0, 0.1) is 0 Å². The molecule has 0 amide bonds. The van der Waals surface area contributed by atoms with Crippen LogP contribution in [0.15, 0.2) is 273 Å². The summed E-state index contributed by atoms with van der Waals surface area (Å²) in [6.45, 7) is 0. The van der Waals surface area contributed by atoms with Crippen molar-refractivity contribution in [2.75, 3.05) is 0 Å². The van der Waals surface area contributed by atoms with Crippen molar-refractivity contribution < 1.29 is 0 Å². The standard InChI is InChI=1S/C66H45N3Si/c1-5-20-46(21-6-1)47-36-38-48(39-37-47)67-62-43-41-49(68-59-31-16-13-28-54(59)55-29-14-17-32-60(55)68)44-58(62)56-42-40-50(45-64(56)67)69-61-33-18-15-30-57(61)66-63(69)34-19-35-65(66)70(51-22-7-2-8-23-51,52-24-9-3-10-25-52)53-26-11-4-12-27-53/h1-45H. The van der Waals surface area contributed by atoms with Crippen molar-refractivity contribution >= 4 is 94.2 Å². The van der Waals surface area contributed by atoms with Crippen LogP contribution in [-0.2, 0) is 0 Å². The molecule has 0 saturated heterocycles. The predicted octanol–water partition coefficient (Wildman–Crippen LogP) is 14.0. The molecule has 70 heavy (non-hydrogen) atoms. The SMILES string of the molecule is c1ccc(-c2ccc(-n3c4ccc(-n5c6ccccc6c6ccccc65)cc4c4ccc(-n5c6ccccc6c6c([Si](c7ccccc7)(c7ccccc7)c7ccccc7)cccc65)cc43)cc2)cc1. The molecule has 0 saturated carbocycles. The van der Waals surface area contributed by atoms with Gasteiger partial charge in [0.25, 0.3) is 0 Å². The van der Waals surface area contributed by atoms with Gasteiger partial charge in [0, 0.05) is 49.4 Å². The highest BCUT2D eigenvalue weighted by Gasteiger charge is 2.43. The minimum absolute atomic E-state index is 1.12. The number of fused-ring (bicyclic) bond motifs is 9. The highest BCUT2D eigenvalue weighted by atomic mass is 28.3. The number of hydrogen-bond donors (Lipinski definition) is 0. The molecule has 3 heterocycles. The monoisotopic (exact) mass is 907 g/mol. The summed E-state index contributed by atoms with van der Waals surface area (Å²) in [5.41, 5.74) is 12.9. The Labute approximate surface area is 407 Å². The zero-order valence-electron chi connectivity index (χ0n) is 38.3. The van der Waals surface area contributed by atoms with E-state index in [9.17, 15) is 0 Å². The first-order valence-corrected chi connectivity index (χ1v) is 26.2. The third-order valence-electron chi connectivity index (χ3n) is 14.8. The summed E-state index contributed by atoms with van der Waals surface area (Å²) in [5.74, 6) is 0. The number of hydrogen-bond acceptors (Lipinski definition) is 0. The Balaban J connectivity index is 1.04. The molecule has 0 aliphatic rings. The van der Waals surface area contributed by atoms with Crippen molar-refractivity contribution in [2.24, 2.45) is 0 Å². The second-order valence-corrected chi connectivity index (χ2v) is 22.2. The highest BCUT2D eigenvalue weighted by molar-refractivity contribution is 7.20. The first-order chi connectivity index (χ1) is 34.8. The van der Waals surface area contributed by atoms with Gasteiger partial charge in [0.05, 0.1) is 33.1 Å². The van der Waals surface area contributed by atoms with Gasteiger partial charge in [-0.15, -0.1) is 0 Å². The largest absolute Gasteiger partial charge is 0.309 e.